The molecule has 138 valence electrons. The first-order valence-electron chi connectivity index (χ1n) is 7.57. The molecule has 1 rings (SSSR count). The number of primary amides is 1. The molecule has 0 aliphatic rings. The highest BCUT2D eigenvalue weighted by molar-refractivity contribution is 14.0. The third kappa shape index (κ3) is 9.08. The predicted molar refractivity (Wildman–Crippen MR) is 105 cm³/mol. The molecule has 0 atom stereocenters. The van der Waals surface area contributed by atoms with E-state index >= 15 is 0 Å². The molecule has 0 aromatic carbocycles. The highest BCUT2D eigenvalue weighted by atomic mass is 127. The summed E-state index contributed by atoms with van der Waals surface area (Å²) in [7, 11) is 5.49. The van der Waals surface area contributed by atoms with Gasteiger partial charge in [-0.2, -0.15) is 0 Å². The van der Waals surface area contributed by atoms with E-state index in [4.69, 9.17) is 14.9 Å². The van der Waals surface area contributed by atoms with E-state index in [9.17, 15) is 4.79 Å². The van der Waals surface area contributed by atoms with Crippen molar-refractivity contribution < 1.29 is 13.9 Å². The van der Waals surface area contributed by atoms with Gasteiger partial charge in [0.2, 0.25) is 0 Å². The first-order valence-corrected chi connectivity index (χ1v) is 7.57. The van der Waals surface area contributed by atoms with Crippen LogP contribution in [-0.2, 0) is 11.3 Å². The number of nitrogens with one attached hydrogen (secondary N) is 2. The van der Waals surface area contributed by atoms with Gasteiger partial charge < -0.3 is 30.4 Å². The number of hydrogen-bond acceptors (Lipinski definition) is 5. The average Bonchev–Trinajstić information content (AvgIpc) is 3.00. The number of nitrogens with two attached hydrogens (primary N) is 1. The second-order valence-electron chi connectivity index (χ2n) is 5.13. The van der Waals surface area contributed by atoms with Crippen molar-refractivity contribution in [1.29, 1.82) is 0 Å². The zero-order valence-corrected chi connectivity index (χ0v) is 16.8. The lowest BCUT2D eigenvalue weighted by Gasteiger charge is -2.17. The lowest BCUT2D eigenvalue weighted by atomic mass is 10.4. The van der Waals surface area contributed by atoms with Gasteiger partial charge in [0, 0.05) is 40.4 Å². The largest absolute Gasteiger partial charge is 0.454 e. The van der Waals surface area contributed by atoms with Crippen molar-refractivity contribution in [3.63, 3.8) is 0 Å². The Bertz CT molecular complexity index is 507. The summed E-state index contributed by atoms with van der Waals surface area (Å²) in [5.41, 5.74) is 5.15. The number of methoxy groups -OCH3 is 1. The van der Waals surface area contributed by atoms with Gasteiger partial charge in [-0.05, 0) is 25.6 Å². The molecular weight excluding hydrogens is 425 g/mol. The molecular formula is C15H28IN5O3. The highest BCUT2D eigenvalue weighted by Gasteiger charge is 2.07. The maximum Gasteiger partial charge on any atom is 0.284 e. The maximum absolute atomic E-state index is 11.0. The number of guanidine groups is 1. The third-order valence-electron chi connectivity index (χ3n) is 3.23. The van der Waals surface area contributed by atoms with Crippen molar-refractivity contribution in [2.45, 2.75) is 13.0 Å². The van der Waals surface area contributed by atoms with Gasteiger partial charge in [-0.15, -0.1) is 24.0 Å². The van der Waals surface area contributed by atoms with E-state index in [1.54, 1.807) is 26.3 Å². The number of nitrogens with zero attached hydrogens (tertiary/aromatic N) is 2. The summed E-state index contributed by atoms with van der Waals surface area (Å²) < 4.78 is 10.3. The molecule has 0 spiro atoms. The molecule has 8 nitrogen and oxygen atoms in total. The van der Waals surface area contributed by atoms with Crippen LogP contribution in [0.3, 0.4) is 0 Å². The highest BCUT2D eigenvalue weighted by Crippen LogP contribution is 2.06. The molecule has 1 heterocycles. The first kappa shape index (κ1) is 22.7. The Hall–Kier alpha value is -1.33. The summed E-state index contributed by atoms with van der Waals surface area (Å²) in [5, 5.41) is 6.34. The normalized spacial score (nSPS) is 11.2. The fourth-order valence-electron chi connectivity index (χ4n) is 1.95. The number of halogens is 1. The van der Waals surface area contributed by atoms with Crippen molar-refractivity contribution >= 4 is 35.8 Å². The van der Waals surface area contributed by atoms with Crippen LogP contribution in [0.25, 0.3) is 0 Å². The summed E-state index contributed by atoms with van der Waals surface area (Å²) >= 11 is 0. The average molecular weight is 453 g/mol. The van der Waals surface area contributed by atoms with E-state index in [1.165, 1.54) is 0 Å². The van der Waals surface area contributed by atoms with Crippen LogP contribution >= 0.6 is 24.0 Å². The van der Waals surface area contributed by atoms with E-state index in [0.29, 0.717) is 18.3 Å². The van der Waals surface area contributed by atoms with Crippen LogP contribution in [0.4, 0.5) is 0 Å². The van der Waals surface area contributed by atoms with E-state index in [1.807, 2.05) is 0 Å². The molecule has 24 heavy (non-hydrogen) atoms. The zero-order chi connectivity index (χ0) is 17.1. The van der Waals surface area contributed by atoms with Gasteiger partial charge in [0.05, 0.1) is 6.54 Å². The minimum Gasteiger partial charge on any atom is -0.454 e. The molecule has 9 heteroatoms. The standard InChI is InChI=1S/C15H27N5O3.HI/c1-17-15(18-7-9-20(2)8-4-10-22-3)19-11-12-5-6-13(23-12)14(16)21;/h5-6H,4,7-11H2,1-3H3,(H2,16,21)(H2,17,18,19);1H. The number of rotatable bonds is 10. The van der Waals surface area contributed by atoms with Crippen LogP contribution < -0.4 is 16.4 Å². The molecule has 0 aliphatic heterocycles. The van der Waals surface area contributed by atoms with Crippen molar-refractivity contribution in [2.75, 3.05) is 47.4 Å². The number of ether oxygens (including phenoxy) is 1. The van der Waals surface area contributed by atoms with Gasteiger partial charge >= 0.3 is 0 Å². The molecule has 0 fully saturated rings. The SMILES string of the molecule is CN=C(NCCN(C)CCCOC)NCc1ccc(C(N)=O)o1.I. The van der Waals surface area contributed by atoms with Gasteiger partial charge in [-0.3, -0.25) is 9.79 Å². The van der Waals surface area contributed by atoms with Crippen molar-refractivity contribution in [3.8, 4) is 0 Å². The molecule has 0 saturated carbocycles. The Kier molecular flexibility index (Phi) is 12.3. The quantitative estimate of drug-likeness (QED) is 0.208. The van der Waals surface area contributed by atoms with Crippen LogP contribution in [0.5, 0.6) is 0 Å². The summed E-state index contributed by atoms with van der Waals surface area (Å²) in [5.74, 6) is 0.878. The number of carbonyl (C=O) groups is 1. The summed E-state index contributed by atoms with van der Waals surface area (Å²) in [6, 6.07) is 3.27. The molecule has 0 radical (unpaired) electrons. The van der Waals surface area contributed by atoms with E-state index < -0.39 is 5.91 Å². The summed E-state index contributed by atoms with van der Waals surface area (Å²) in [4.78, 5) is 17.3. The van der Waals surface area contributed by atoms with E-state index in [2.05, 4.69) is 27.6 Å². The number of likely N-dealkylation sites (N-methyl/N-ethyl adjacent to an activating group) is 1. The predicted octanol–water partition coefficient (Wildman–Crippen LogP) is 0.630. The van der Waals surface area contributed by atoms with E-state index in [0.717, 1.165) is 32.7 Å². The fourth-order valence-corrected chi connectivity index (χ4v) is 1.95. The maximum atomic E-state index is 11.0. The van der Waals surface area contributed by atoms with Gasteiger partial charge in [-0.25, -0.2) is 0 Å². The summed E-state index contributed by atoms with van der Waals surface area (Å²) in [6.45, 7) is 3.86. The van der Waals surface area contributed by atoms with Crippen LogP contribution in [0.1, 0.15) is 22.7 Å². The lowest BCUT2D eigenvalue weighted by molar-refractivity contribution is 0.0972. The number of amides is 1. The second-order valence-corrected chi connectivity index (χ2v) is 5.13. The monoisotopic (exact) mass is 453 g/mol. The van der Waals surface area contributed by atoms with Gasteiger partial charge in [0.1, 0.15) is 5.76 Å². The number of hydrogen-bond donors (Lipinski definition) is 3. The van der Waals surface area contributed by atoms with E-state index in [-0.39, 0.29) is 29.7 Å². The summed E-state index contributed by atoms with van der Waals surface area (Å²) in [6.07, 6.45) is 1.01. The Morgan fingerprint density at radius 3 is 2.71 bits per heavy atom. The Morgan fingerprint density at radius 2 is 2.12 bits per heavy atom. The topological polar surface area (TPSA) is 105 Å². The van der Waals surface area contributed by atoms with Crippen LogP contribution in [0.2, 0.25) is 0 Å². The number of furan rings is 1. The van der Waals surface area contributed by atoms with Crippen molar-refractivity contribution in [2.24, 2.45) is 10.7 Å². The van der Waals surface area contributed by atoms with Gasteiger partial charge in [-0.1, -0.05) is 0 Å². The third-order valence-corrected chi connectivity index (χ3v) is 3.23. The lowest BCUT2D eigenvalue weighted by Crippen LogP contribution is -2.40. The van der Waals surface area contributed by atoms with Crippen molar-refractivity contribution in [1.82, 2.24) is 15.5 Å². The number of carbonyl (C=O) groups excluding carboxylic acids is 1. The fraction of sp³-hybridized carbons (Fsp3) is 0.600. The first-order chi connectivity index (χ1) is 11.1. The zero-order valence-electron chi connectivity index (χ0n) is 14.5. The smallest absolute Gasteiger partial charge is 0.284 e. The molecule has 1 aromatic heterocycles. The molecule has 0 saturated heterocycles. The molecule has 1 aromatic rings. The minimum atomic E-state index is -0.574. The molecule has 0 unspecified atom stereocenters. The van der Waals surface area contributed by atoms with Crippen LogP contribution in [0, 0.1) is 0 Å². The molecule has 0 bridgehead atoms. The molecule has 1 amide bonds. The molecule has 0 aliphatic carbocycles. The van der Waals surface area contributed by atoms with Gasteiger partial charge in [0.15, 0.2) is 11.7 Å². The van der Waals surface area contributed by atoms with Crippen LogP contribution in [0.15, 0.2) is 21.5 Å². The second kappa shape index (κ2) is 13.0. The van der Waals surface area contributed by atoms with Crippen LogP contribution in [-0.4, -0.2) is 64.2 Å². The number of aliphatic imine (C=N–C) groups is 1. The minimum absolute atomic E-state index is 0. The molecule has 4 N–H and O–H groups in total. The Balaban J connectivity index is 0.00000529. The van der Waals surface area contributed by atoms with Gasteiger partial charge in [0.25, 0.3) is 5.91 Å². The Labute approximate surface area is 160 Å². The van der Waals surface area contributed by atoms with Crippen molar-refractivity contribution in [3.05, 3.63) is 23.7 Å². The Morgan fingerprint density at radius 1 is 1.38 bits per heavy atom.